The number of para-hydroxylation sites is 1. The monoisotopic (exact) mass is 431 g/mol. The molecule has 0 radical (unpaired) electrons. The molecule has 5 rings (SSSR count). The lowest BCUT2D eigenvalue weighted by molar-refractivity contribution is 0.0735. The third kappa shape index (κ3) is 3.68. The van der Waals surface area contributed by atoms with Crippen molar-refractivity contribution in [3.8, 4) is 0 Å². The highest BCUT2D eigenvalue weighted by atomic mass is 32.2. The normalized spacial score (nSPS) is 13.7. The van der Waals surface area contributed by atoms with Crippen molar-refractivity contribution >= 4 is 32.5 Å². The maximum atomic E-state index is 13.2. The molecule has 0 bridgehead atoms. The molecule has 6 nitrogen and oxygen atoms in total. The summed E-state index contributed by atoms with van der Waals surface area (Å²) in [6.07, 6.45) is 0.760. The minimum absolute atomic E-state index is 0.114. The predicted molar refractivity (Wildman–Crippen MR) is 120 cm³/mol. The molecule has 1 aliphatic heterocycles. The lowest BCUT2D eigenvalue weighted by Crippen LogP contribution is -2.35. The molecule has 4 aromatic rings. The van der Waals surface area contributed by atoms with Gasteiger partial charge in [0.2, 0.25) is 0 Å². The van der Waals surface area contributed by atoms with Crippen LogP contribution in [0.3, 0.4) is 0 Å². The van der Waals surface area contributed by atoms with Crippen LogP contribution in [0.5, 0.6) is 0 Å². The van der Waals surface area contributed by atoms with Crippen LogP contribution in [0.15, 0.2) is 83.8 Å². The fourth-order valence-electron chi connectivity index (χ4n) is 4.05. The Balaban J connectivity index is 1.38. The largest absolute Gasteiger partial charge is 0.358 e. The predicted octanol–water partition coefficient (Wildman–Crippen LogP) is 4.17. The standard InChI is InChI=1S/C24H21N3O3S/c28-24(27-14-13-23-21(16-27)20-11-4-5-12-22(20)25-23)17-7-6-8-18(15-17)26-31(29,30)19-9-2-1-3-10-19/h1-12,15,25-26H,13-14,16H2. The van der Waals surface area contributed by atoms with Gasteiger partial charge in [-0.15, -0.1) is 0 Å². The van der Waals surface area contributed by atoms with Crippen LogP contribution in [0.4, 0.5) is 5.69 Å². The van der Waals surface area contributed by atoms with E-state index >= 15 is 0 Å². The summed E-state index contributed by atoms with van der Waals surface area (Å²) in [7, 11) is -3.72. The smallest absolute Gasteiger partial charge is 0.261 e. The van der Waals surface area contributed by atoms with Crippen molar-refractivity contribution in [2.75, 3.05) is 11.3 Å². The molecule has 7 heteroatoms. The number of fused-ring (bicyclic) bond motifs is 3. The summed E-state index contributed by atoms with van der Waals surface area (Å²) in [6, 6.07) is 22.9. The van der Waals surface area contributed by atoms with Crippen molar-refractivity contribution in [2.45, 2.75) is 17.9 Å². The van der Waals surface area contributed by atoms with E-state index in [4.69, 9.17) is 0 Å². The topological polar surface area (TPSA) is 82.3 Å². The molecular weight excluding hydrogens is 410 g/mol. The molecule has 0 saturated carbocycles. The molecule has 0 unspecified atom stereocenters. The minimum atomic E-state index is -3.72. The Bertz CT molecular complexity index is 1380. The maximum absolute atomic E-state index is 13.2. The van der Waals surface area contributed by atoms with Crippen molar-refractivity contribution in [2.24, 2.45) is 0 Å². The average Bonchev–Trinajstić information content (AvgIpc) is 3.17. The Labute approximate surface area is 180 Å². The first-order valence-corrected chi connectivity index (χ1v) is 11.6. The number of rotatable bonds is 4. The first kappa shape index (κ1) is 19.4. The number of carbonyl (C=O) groups is 1. The summed E-state index contributed by atoms with van der Waals surface area (Å²) in [5, 5.41) is 1.14. The third-order valence-corrected chi connectivity index (χ3v) is 6.98. The number of nitrogens with zero attached hydrogens (tertiary/aromatic N) is 1. The Morgan fingerprint density at radius 3 is 2.55 bits per heavy atom. The quantitative estimate of drug-likeness (QED) is 0.509. The zero-order chi connectivity index (χ0) is 21.4. The van der Waals surface area contributed by atoms with Crippen LogP contribution >= 0.6 is 0 Å². The molecule has 2 heterocycles. The number of carbonyl (C=O) groups excluding carboxylic acids is 1. The number of benzene rings is 3. The molecule has 1 amide bonds. The van der Waals surface area contributed by atoms with Gasteiger partial charge in [-0.25, -0.2) is 8.42 Å². The number of amides is 1. The Kier molecular flexibility index (Phi) is 4.75. The first-order chi connectivity index (χ1) is 15.0. The van der Waals surface area contributed by atoms with E-state index in [1.807, 2.05) is 23.1 Å². The summed E-state index contributed by atoms with van der Waals surface area (Å²) < 4.78 is 27.8. The van der Waals surface area contributed by atoms with Crippen LogP contribution in [-0.4, -0.2) is 30.8 Å². The molecule has 0 saturated heterocycles. The molecule has 0 spiro atoms. The lowest BCUT2D eigenvalue weighted by Gasteiger charge is -2.27. The molecule has 0 aliphatic carbocycles. The van der Waals surface area contributed by atoms with Gasteiger partial charge in [-0.3, -0.25) is 9.52 Å². The SMILES string of the molecule is O=C(c1cccc(NS(=O)(=O)c2ccccc2)c1)N1CCc2[nH]c3ccccc3c2C1. The van der Waals surface area contributed by atoms with Gasteiger partial charge in [0, 0.05) is 52.9 Å². The molecule has 156 valence electrons. The Morgan fingerprint density at radius 2 is 1.71 bits per heavy atom. The molecule has 31 heavy (non-hydrogen) atoms. The van der Waals surface area contributed by atoms with E-state index in [-0.39, 0.29) is 10.8 Å². The summed E-state index contributed by atoms with van der Waals surface area (Å²) >= 11 is 0. The van der Waals surface area contributed by atoms with Crippen molar-refractivity contribution in [1.29, 1.82) is 0 Å². The molecule has 0 atom stereocenters. The maximum Gasteiger partial charge on any atom is 0.261 e. The third-order valence-electron chi connectivity index (χ3n) is 5.59. The van der Waals surface area contributed by atoms with E-state index in [1.165, 1.54) is 17.8 Å². The number of sulfonamides is 1. The molecule has 1 aromatic heterocycles. The first-order valence-electron chi connectivity index (χ1n) is 10.1. The van der Waals surface area contributed by atoms with Gasteiger partial charge in [-0.05, 0) is 36.4 Å². The number of hydrogen-bond donors (Lipinski definition) is 2. The minimum Gasteiger partial charge on any atom is -0.358 e. The van der Waals surface area contributed by atoms with E-state index in [1.54, 1.807) is 42.5 Å². The second-order valence-electron chi connectivity index (χ2n) is 7.60. The van der Waals surface area contributed by atoms with Gasteiger partial charge in [-0.1, -0.05) is 42.5 Å². The second kappa shape index (κ2) is 7.59. The van der Waals surface area contributed by atoms with Gasteiger partial charge in [-0.2, -0.15) is 0 Å². The van der Waals surface area contributed by atoms with Gasteiger partial charge in [0.05, 0.1) is 4.90 Å². The van der Waals surface area contributed by atoms with E-state index in [2.05, 4.69) is 15.8 Å². The molecule has 1 aliphatic rings. The summed E-state index contributed by atoms with van der Waals surface area (Å²) in [5.74, 6) is -0.114. The van der Waals surface area contributed by atoms with Gasteiger partial charge >= 0.3 is 0 Å². The van der Waals surface area contributed by atoms with Crippen molar-refractivity contribution in [1.82, 2.24) is 9.88 Å². The number of nitrogens with one attached hydrogen (secondary N) is 2. The summed E-state index contributed by atoms with van der Waals surface area (Å²) in [6.45, 7) is 1.14. The van der Waals surface area contributed by atoms with Crippen molar-refractivity contribution in [3.63, 3.8) is 0 Å². The fraction of sp³-hybridized carbons (Fsp3) is 0.125. The van der Waals surface area contributed by atoms with Gasteiger partial charge in [0.15, 0.2) is 0 Å². The zero-order valence-electron chi connectivity index (χ0n) is 16.7. The Hall–Kier alpha value is -3.58. The lowest BCUT2D eigenvalue weighted by atomic mass is 10.0. The summed E-state index contributed by atoms with van der Waals surface area (Å²) in [4.78, 5) is 18.6. The van der Waals surface area contributed by atoms with Crippen LogP contribution in [0.2, 0.25) is 0 Å². The van der Waals surface area contributed by atoms with E-state index in [9.17, 15) is 13.2 Å². The highest BCUT2D eigenvalue weighted by Crippen LogP contribution is 2.28. The van der Waals surface area contributed by atoms with Crippen LogP contribution in [0.1, 0.15) is 21.6 Å². The number of aromatic nitrogens is 1. The second-order valence-corrected chi connectivity index (χ2v) is 9.29. The molecule has 2 N–H and O–H groups in total. The van der Waals surface area contributed by atoms with Crippen molar-refractivity contribution in [3.05, 3.63) is 95.7 Å². The zero-order valence-corrected chi connectivity index (χ0v) is 17.5. The molecular formula is C24H21N3O3S. The molecule has 0 fully saturated rings. The number of anilines is 1. The van der Waals surface area contributed by atoms with Crippen LogP contribution in [-0.2, 0) is 23.0 Å². The Morgan fingerprint density at radius 1 is 0.935 bits per heavy atom. The van der Waals surface area contributed by atoms with Gasteiger partial charge in [0.1, 0.15) is 0 Å². The molecule has 3 aromatic carbocycles. The van der Waals surface area contributed by atoms with Gasteiger partial charge < -0.3 is 9.88 Å². The van der Waals surface area contributed by atoms with E-state index in [0.29, 0.717) is 24.3 Å². The average molecular weight is 432 g/mol. The van der Waals surface area contributed by atoms with Crippen molar-refractivity contribution < 1.29 is 13.2 Å². The number of aromatic amines is 1. The number of H-pyrrole nitrogens is 1. The number of hydrogen-bond acceptors (Lipinski definition) is 3. The highest BCUT2D eigenvalue weighted by Gasteiger charge is 2.25. The van der Waals surface area contributed by atoms with Crippen LogP contribution in [0.25, 0.3) is 10.9 Å². The van der Waals surface area contributed by atoms with Gasteiger partial charge in [0.25, 0.3) is 15.9 Å². The highest BCUT2D eigenvalue weighted by molar-refractivity contribution is 7.92. The van der Waals surface area contributed by atoms with E-state index < -0.39 is 10.0 Å². The summed E-state index contributed by atoms with van der Waals surface area (Å²) in [5.41, 5.74) is 4.22. The van der Waals surface area contributed by atoms with Crippen LogP contribution < -0.4 is 4.72 Å². The van der Waals surface area contributed by atoms with Crippen LogP contribution in [0, 0.1) is 0 Å². The fourth-order valence-corrected chi connectivity index (χ4v) is 5.12. The van der Waals surface area contributed by atoms with E-state index in [0.717, 1.165) is 22.9 Å².